The van der Waals surface area contributed by atoms with E-state index in [4.69, 9.17) is 15.5 Å². The smallest absolute Gasteiger partial charge is 0.408 e. The summed E-state index contributed by atoms with van der Waals surface area (Å²) in [4.78, 5) is 42.1. The maximum atomic E-state index is 13.7. The first-order valence-corrected chi connectivity index (χ1v) is 10.4. The van der Waals surface area contributed by atoms with Crippen LogP contribution in [0.15, 0.2) is 53.3 Å². The van der Waals surface area contributed by atoms with E-state index >= 15 is 0 Å². The molecular weight excluding hydrogens is 408 g/mol. The zero-order valence-electron chi connectivity index (χ0n) is 18.7. The molecule has 168 valence electrons. The van der Waals surface area contributed by atoms with Crippen molar-refractivity contribution in [3.05, 3.63) is 70.3 Å². The molecule has 8 heteroatoms. The number of amides is 2. The molecule has 8 nitrogen and oxygen atoms in total. The third kappa shape index (κ3) is 5.32. The van der Waals surface area contributed by atoms with Gasteiger partial charge in [0.15, 0.2) is 0 Å². The Morgan fingerprint density at radius 2 is 1.81 bits per heavy atom. The third-order valence-corrected chi connectivity index (χ3v) is 4.79. The summed E-state index contributed by atoms with van der Waals surface area (Å²) in [6.45, 7) is 7.07. The van der Waals surface area contributed by atoms with Crippen molar-refractivity contribution in [2.75, 3.05) is 0 Å². The molecule has 0 aliphatic rings. The number of para-hydroxylation sites is 1. The average molecular weight is 437 g/mol. The normalized spacial score (nSPS) is 12.4. The van der Waals surface area contributed by atoms with Crippen LogP contribution in [-0.2, 0) is 16.0 Å². The fraction of sp³-hybridized carbons (Fsp3) is 0.333. The van der Waals surface area contributed by atoms with E-state index in [2.05, 4.69) is 5.32 Å². The minimum Gasteiger partial charge on any atom is -0.444 e. The number of nitrogens with two attached hydrogens (primary N) is 1. The maximum Gasteiger partial charge on any atom is 0.408 e. The summed E-state index contributed by atoms with van der Waals surface area (Å²) in [5.74, 6) is -0.0724. The summed E-state index contributed by atoms with van der Waals surface area (Å²) in [6, 6.07) is 13.8. The van der Waals surface area contributed by atoms with Crippen LogP contribution in [0.5, 0.6) is 0 Å². The van der Waals surface area contributed by atoms with Gasteiger partial charge in [0.1, 0.15) is 11.4 Å². The molecule has 2 aromatic carbocycles. The molecule has 0 unspecified atom stereocenters. The number of benzene rings is 2. The Balaban J connectivity index is 2.16. The Hall–Kier alpha value is -3.68. The fourth-order valence-corrected chi connectivity index (χ4v) is 3.45. The Bertz CT molecular complexity index is 1200. The van der Waals surface area contributed by atoms with Gasteiger partial charge in [0.25, 0.3) is 5.56 Å². The molecule has 32 heavy (non-hydrogen) atoms. The van der Waals surface area contributed by atoms with Crippen molar-refractivity contribution >= 4 is 22.9 Å². The van der Waals surface area contributed by atoms with Gasteiger partial charge in [-0.1, -0.05) is 30.3 Å². The Morgan fingerprint density at radius 1 is 1.12 bits per heavy atom. The molecule has 1 atom stereocenters. The summed E-state index contributed by atoms with van der Waals surface area (Å²) in [5.41, 5.74) is 6.16. The number of hydrogen-bond donors (Lipinski definition) is 2. The maximum absolute atomic E-state index is 13.7. The standard InChI is InChI=1S/C24H28N4O4/c1-15(26-23(31)32-24(2,3)4)21-27-18-12-8-9-16(13-14-19(25)29)20(18)22(30)28(21)17-10-6-5-7-11-17/h5-12,15H,13-14H2,1-4H3,(H2,25,29)(H,26,31)/t15-/m0/s1. The zero-order valence-corrected chi connectivity index (χ0v) is 18.7. The highest BCUT2D eigenvalue weighted by Gasteiger charge is 2.23. The number of nitrogens with one attached hydrogen (secondary N) is 1. The molecule has 0 aliphatic carbocycles. The number of nitrogens with zero attached hydrogens (tertiary/aromatic N) is 2. The van der Waals surface area contributed by atoms with Gasteiger partial charge in [0.05, 0.1) is 22.6 Å². The van der Waals surface area contributed by atoms with E-state index in [0.29, 0.717) is 34.4 Å². The first kappa shape index (κ1) is 23.0. The molecule has 0 saturated heterocycles. The number of hydrogen-bond acceptors (Lipinski definition) is 5. The average Bonchev–Trinajstić information content (AvgIpc) is 2.71. The van der Waals surface area contributed by atoms with Crippen LogP contribution in [0.3, 0.4) is 0 Å². The van der Waals surface area contributed by atoms with Crippen LogP contribution in [0.1, 0.15) is 51.5 Å². The largest absolute Gasteiger partial charge is 0.444 e. The van der Waals surface area contributed by atoms with Crippen LogP contribution in [0.2, 0.25) is 0 Å². The van der Waals surface area contributed by atoms with Crippen molar-refractivity contribution in [1.29, 1.82) is 0 Å². The van der Waals surface area contributed by atoms with Gasteiger partial charge < -0.3 is 15.8 Å². The summed E-state index contributed by atoms with van der Waals surface area (Å²) >= 11 is 0. The quantitative estimate of drug-likeness (QED) is 0.614. The predicted octanol–water partition coefficient (Wildman–Crippen LogP) is 3.39. The first-order valence-electron chi connectivity index (χ1n) is 10.4. The Labute approximate surface area is 186 Å². The lowest BCUT2D eigenvalue weighted by Gasteiger charge is -2.23. The van der Waals surface area contributed by atoms with Gasteiger partial charge in [0, 0.05) is 6.42 Å². The predicted molar refractivity (Wildman–Crippen MR) is 123 cm³/mol. The molecule has 0 spiro atoms. The van der Waals surface area contributed by atoms with Crippen molar-refractivity contribution in [3.8, 4) is 5.69 Å². The van der Waals surface area contributed by atoms with Crippen LogP contribution >= 0.6 is 0 Å². The van der Waals surface area contributed by atoms with E-state index in [1.807, 2.05) is 18.2 Å². The van der Waals surface area contributed by atoms with Crippen LogP contribution < -0.4 is 16.6 Å². The van der Waals surface area contributed by atoms with Gasteiger partial charge in [-0.05, 0) is 57.9 Å². The summed E-state index contributed by atoms with van der Waals surface area (Å²) in [7, 11) is 0. The van der Waals surface area contributed by atoms with E-state index in [-0.39, 0.29) is 12.0 Å². The zero-order chi connectivity index (χ0) is 23.5. The molecule has 0 fully saturated rings. The van der Waals surface area contributed by atoms with Crippen molar-refractivity contribution < 1.29 is 14.3 Å². The molecule has 0 radical (unpaired) electrons. The molecule has 3 rings (SSSR count). The van der Waals surface area contributed by atoms with Crippen LogP contribution in [0.4, 0.5) is 4.79 Å². The highest BCUT2D eigenvalue weighted by atomic mass is 16.6. The number of carbonyl (C=O) groups is 2. The minimum absolute atomic E-state index is 0.127. The van der Waals surface area contributed by atoms with E-state index < -0.39 is 23.6 Å². The molecule has 3 N–H and O–H groups in total. The van der Waals surface area contributed by atoms with Gasteiger partial charge in [-0.2, -0.15) is 0 Å². The summed E-state index contributed by atoms with van der Waals surface area (Å²) < 4.78 is 6.84. The van der Waals surface area contributed by atoms with Gasteiger partial charge in [-0.25, -0.2) is 9.78 Å². The third-order valence-electron chi connectivity index (χ3n) is 4.79. The lowest BCUT2D eigenvalue weighted by atomic mass is 10.0. The SMILES string of the molecule is C[C@H](NC(=O)OC(C)(C)C)c1nc2cccc(CCC(N)=O)c2c(=O)n1-c1ccccc1. The molecule has 0 saturated carbocycles. The molecule has 1 aromatic heterocycles. The van der Waals surface area contributed by atoms with Crippen molar-refractivity contribution in [3.63, 3.8) is 0 Å². The number of rotatable bonds is 6. The van der Waals surface area contributed by atoms with E-state index in [0.717, 1.165) is 0 Å². The van der Waals surface area contributed by atoms with Crippen LogP contribution in [-0.4, -0.2) is 27.2 Å². The van der Waals surface area contributed by atoms with Gasteiger partial charge in [0.2, 0.25) is 5.91 Å². The number of ether oxygens (including phenoxy) is 1. The lowest BCUT2D eigenvalue weighted by Crippen LogP contribution is -2.37. The number of carbonyl (C=O) groups excluding carboxylic acids is 2. The second-order valence-corrected chi connectivity index (χ2v) is 8.59. The van der Waals surface area contributed by atoms with Crippen LogP contribution in [0.25, 0.3) is 16.6 Å². The Morgan fingerprint density at radius 3 is 2.44 bits per heavy atom. The Kier molecular flexibility index (Phi) is 6.62. The minimum atomic E-state index is -0.658. The highest BCUT2D eigenvalue weighted by Crippen LogP contribution is 2.21. The number of fused-ring (bicyclic) bond motifs is 1. The number of primary amides is 1. The molecular formula is C24H28N4O4. The van der Waals surface area contributed by atoms with E-state index in [1.165, 1.54) is 4.57 Å². The number of alkyl carbamates (subject to hydrolysis) is 1. The number of aryl methyl sites for hydroxylation is 1. The van der Waals surface area contributed by atoms with Gasteiger partial charge >= 0.3 is 6.09 Å². The molecule has 2 amide bonds. The van der Waals surface area contributed by atoms with Crippen molar-refractivity contribution in [2.45, 2.75) is 52.2 Å². The fourth-order valence-electron chi connectivity index (χ4n) is 3.45. The topological polar surface area (TPSA) is 116 Å². The first-order chi connectivity index (χ1) is 15.1. The second kappa shape index (κ2) is 9.21. The summed E-state index contributed by atoms with van der Waals surface area (Å²) in [5, 5.41) is 3.19. The monoisotopic (exact) mass is 436 g/mol. The molecule has 0 aliphatic heterocycles. The van der Waals surface area contributed by atoms with Gasteiger partial charge in [-0.3, -0.25) is 14.2 Å². The van der Waals surface area contributed by atoms with E-state index in [9.17, 15) is 14.4 Å². The van der Waals surface area contributed by atoms with Crippen LogP contribution in [0, 0.1) is 0 Å². The van der Waals surface area contributed by atoms with E-state index in [1.54, 1.807) is 58.0 Å². The van der Waals surface area contributed by atoms with Crippen molar-refractivity contribution in [2.24, 2.45) is 5.73 Å². The number of aromatic nitrogens is 2. The molecule has 0 bridgehead atoms. The molecule has 1 heterocycles. The highest BCUT2D eigenvalue weighted by molar-refractivity contribution is 5.83. The van der Waals surface area contributed by atoms with Crippen molar-refractivity contribution in [1.82, 2.24) is 14.9 Å². The summed E-state index contributed by atoms with van der Waals surface area (Å²) in [6.07, 6.45) is -0.139. The second-order valence-electron chi connectivity index (χ2n) is 8.59. The lowest BCUT2D eigenvalue weighted by molar-refractivity contribution is -0.117. The molecule has 3 aromatic rings. The van der Waals surface area contributed by atoms with Gasteiger partial charge in [-0.15, -0.1) is 0 Å².